The Morgan fingerprint density at radius 2 is 2.13 bits per heavy atom. The van der Waals surface area contributed by atoms with Gasteiger partial charge in [-0.05, 0) is 67.1 Å². The van der Waals surface area contributed by atoms with Crippen LogP contribution in [0, 0.1) is 17.8 Å². The van der Waals surface area contributed by atoms with Crippen molar-refractivity contribution in [2.75, 3.05) is 19.7 Å². The Hall–Kier alpha value is -2.02. The van der Waals surface area contributed by atoms with Crippen molar-refractivity contribution in [3.05, 3.63) is 54.7 Å². The van der Waals surface area contributed by atoms with Crippen molar-refractivity contribution >= 4 is 28.2 Å². The van der Waals surface area contributed by atoms with Crippen molar-refractivity contribution in [3.63, 3.8) is 0 Å². The zero-order chi connectivity index (χ0) is 22.0. The summed E-state index contributed by atoms with van der Waals surface area (Å²) >= 11 is 5.73. The van der Waals surface area contributed by atoms with Gasteiger partial charge in [-0.3, -0.25) is 9.88 Å². The van der Waals surface area contributed by atoms with Crippen molar-refractivity contribution < 1.29 is 5.11 Å². The molecule has 3 fully saturated rings. The smallest absolute Gasteiger partial charge is 0.167 e. The van der Waals surface area contributed by atoms with E-state index in [4.69, 9.17) is 12.2 Å². The molecule has 2 unspecified atom stereocenters. The van der Waals surface area contributed by atoms with E-state index < -0.39 is 0 Å². The maximum atomic E-state index is 9.75. The molecule has 2 bridgehead atoms. The standard InChI is InChI=1S/C25H34N4OS/c1-4-17-14-29-12-10-18(17)13-23(29)24(28-25(31)27-22(15-30)16(2)3)20-9-11-26-21-8-6-5-7-19(20)21/h4-9,11,16-18,22-24,30H,1,10,12-15H2,2-3H3,(H2,27,28,31)/t17-,18?,22-,23+,24+/m0/s1. The first kappa shape index (κ1) is 22.2. The number of thiocarbonyl (C=S) groups is 1. The van der Waals surface area contributed by atoms with Crippen LogP contribution in [0.25, 0.3) is 10.9 Å². The fourth-order valence-electron chi connectivity index (χ4n) is 5.27. The van der Waals surface area contributed by atoms with Gasteiger partial charge in [0, 0.05) is 24.2 Å². The van der Waals surface area contributed by atoms with E-state index in [2.05, 4.69) is 71.3 Å². The van der Waals surface area contributed by atoms with Crippen molar-refractivity contribution in [2.24, 2.45) is 17.8 Å². The molecule has 5 nitrogen and oxygen atoms in total. The molecule has 0 radical (unpaired) electrons. The van der Waals surface area contributed by atoms with Gasteiger partial charge in [0.25, 0.3) is 0 Å². The van der Waals surface area contributed by atoms with Crippen molar-refractivity contribution in [1.82, 2.24) is 20.5 Å². The normalized spacial score (nSPS) is 27.1. The van der Waals surface area contributed by atoms with Gasteiger partial charge in [0.15, 0.2) is 5.11 Å². The fraction of sp³-hybridized carbons (Fsp3) is 0.520. The van der Waals surface area contributed by atoms with Crippen LogP contribution in [0.1, 0.15) is 38.3 Å². The molecule has 3 aliphatic rings. The van der Waals surface area contributed by atoms with Crippen LogP contribution < -0.4 is 10.6 Å². The third-order valence-electron chi connectivity index (χ3n) is 7.16. The number of pyridine rings is 1. The maximum Gasteiger partial charge on any atom is 0.167 e. The number of aromatic nitrogens is 1. The van der Waals surface area contributed by atoms with Crippen LogP contribution in [0.4, 0.5) is 0 Å². The summed E-state index contributed by atoms with van der Waals surface area (Å²) < 4.78 is 0. The molecule has 3 aliphatic heterocycles. The zero-order valence-corrected chi connectivity index (χ0v) is 19.3. The predicted molar refractivity (Wildman–Crippen MR) is 131 cm³/mol. The lowest BCUT2D eigenvalue weighted by molar-refractivity contribution is 0.00424. The number of aliphatic hydroxyl groups is 1. The molecule has 0 saturated carbocycles. The molecule has 0 amide bonds. The second kappa shape index (κ2) is 9.63. The minimum Gasteiger partial charge on any atom is -0.394 e. The lowest BCUT2D eigenvalue weighted by Gasteiger charge is -2.52. The summed E-state index contributed by atoms with van der Waals surface area (Å²) in [7, 11) is 0. The average Bonchev–Trinajstić information content (AvgIpc) is 2.80. The number of hydrogen-bond acceptors (Lipinski definition) is 4. The molecule has 5 rings (SSSR count). The van der Waals surface area contributed by atoms with Crippen molar-refractivity contribution in [1.29, 1.82) is 0 Å². The van der Waals surface area contributed by atoms with E-state index >= 15 is 0 Å². The largest absolute Gasteiger partial charge is 0.394 e. The molecule has 3 N–H and O–H groups in total. The second-order valence-electron chi connectivity index (χ2n) is 9.29. The predicted octanol–water partition coefficient (Wildman–Crippen LogP) is 3.65. The zero-order valence-electron chi connectivity index (χ0n) is 18.5. The van der Waals surface area contributed by atoms with Gasteiger partial charge < -0.3 is 15.7 Å². The molecule has 0 aliphatic carbocycles. The van der Waals surface area contributed by atoms with E-state index in [1.54, 1.807) is 0 Å². The number of nitrogens with zero attached hydrogens (tertiary/aromatic N) is 2. The van der Waals surface area contributed by atoms with E-state index in [9.17, 15) is 5.11 Å². The van der Waals surface area contributed by atoms with E-state index in [0.29, 0.717) is 23.0 Å². The van der Waals surface area contributed by atoms with Crippen LogP contribution in [0.2, 0.25) is 0 Å². The van der Waals surface area contributed by atoms with Gasteiger partial charge in [0.05, 0.1) is 24.2 Å². The van der Waals surface area contributed by atoms with Crippen LogP contribution in [0.5, 0.6) is 0 Å². The van der Waals surface area contributed by atoms with Gasteiger partial charge in [-0.1, -0.05) is 38.1 Å². The lowest BCUT2D eigenvalue weighted by Crippen LogP contribution is -2.58. The highest BCUT2D eigenvalue weighted by molar-refractivity contribution is 7.80. The Balaban J connectivity index is 1.66. The monoisotopic (exact) mass is 438 g/mol. The Morgan fingerprint density at radius 3 is 2.81 bits per heavy atom. The number of hydrogen-bond donors (Lipinski definition) is 3. The molecule has 31 heavy (non-hydrogen) atoms. The number of aliphatic hydroxyl groups excluding tert-OH is 1. The Bertz CT molecular complexity index is 927. The summed E-state index contributed by atoms with van der Waals surface area (Å²) in [6.45, 7) is 10.5. The third-order valence-corrected chi connectivity index (χ3v) is 7.40. The third kappa shape index (κ3) is 4.61. The molecule has 1 aromatic carbocycles. The number of benzene rings is 1. The van der Waals surface area contributed by atoms with Crippen LogP contribution in [-0.4, -0.2) is 51.9 Å². The molecule has 0 spiro atoms. The summed E-state index contributed by atoms with van der Waals surface area (Å²) in [5.74, 6) is 1.53. The summed E-state index contributed by atoms with van der Waals surface area (Å²) in [5.41, 5.74) is 2.23. The van der Waals surface area contributed by atoms with E-state index in [1.165, 1.54) is 12.0 Å². The van der Waals surface area contributed by atoms with Gasteiger partial charge in [-0.15, -0.1) is 6.58 Å². The fourth-order valence-corrected chi connectivity index (χ4v) is 5.55. The molecule has 6 atom stereocenters. The molecule has 3 saturated heterocycles. The average molecular weight is 439 g/mol. The van der Waals surface area contributed by atoms with Gasteiger partial charge >= 0.3 is 0 Å². The number of para-hydroxylation sites is 1. The first-order valence-corrected chi connectivity index (χ1v) is 11.8. The number of fused-ring (bicyclic) bond motifs is 4. The summed E-state index contributed by atoms with van der Waals surface area (Å²) in [5, 5.41) is 18.5. The number of rotatable bonds is 7. The van der Waals surface area contributed by atoms with Crippen LogP contribution in [0.15, 0.2) is 49.2 Å². The minimum absolute atomic E-state index is 0.0490. The summed E-state index contributed by atoms with van der Waals surface area (Å²) in [6.07, 6.45) is 6.40. The maximum absolute atomic E-state index is 9.75. The van der Waals surface area contributed by atoms with Crippen LogP contribution in [-0.2, 0) is 0 Å². The van der Waals surface area contributed by atoms with E-state index in [0.717, 1.165) is 30.4 Å². The topological polar surface area (TPSA) is 60.4 Å². The summed E-state index contributed by atoms with van der Waals surface area (Å²) in [6, 6.07) is 10.8. The Morgan fingerprint density at radius 1 is 1.32 bits per heavy atom. The van der Waals surface area contributed by atoms with Crippen molar-refractivity contribution in [2.45, 2.75) is 44.8 Å². The first-order valence-electron chi connectivity index (χ1n) is 11.4. The van der Waals surface area contributed by atoms with Gasteiger partial charge in [-0.25, -0.2) is 0 Å². The van der Waals surface area contributed by atoms with E-state index in [-0.39, 0.29) is 24.6 Å². The van der Waals surface area contributed by atoms with Crippen molar-refractivity contribution in [3.8, 4) is 0 Å². The summed E-state index contributed by atoms with van der Waals surface area (Å²) in [4.78, 5) is 7.18. The lowest BCUT2D eigenvalue weighted by atomic mass is 9.73. The highest BCUT2D eigenvalue weighted by Crippen LogP contribution is 2.42. The number of nitrogens with one attached hydrogen (secondary N) is 2. The van der Waals surface area contributed by atoms with E-state index in [1.807, 2.05) is 12.3 Å². The van der Waals surface area contributed by atoms with Crippen LogP contribution in [0.3, 0.4) is 0 Å². The number of piperidine rings is 3. The molecule has 166 valence electrons. The quantitative estimate of drug-likeness (QED) is 0.453. The Labute approximate surface area is 190 Å². The highest BCUT2D eigenvalue weighted by atomic mass is 32.1. The van der Waals surface area contributed by atoms with Crippen LogP contribution >= 0.6 is 12.2 Å². The molecule has 2 aromatic rings. The molecule has 6 heteroatoms. The Kier molecular flexibility index (Phi) is 6.89. The molecular weight excluding hydrogens is 404 g/mol. The van der Waals surface area contributed by atoms with Gasteiger partial charge in [0.1, 0.15) is 0 Å². The SMILES string of the molecule is C=C[C@H]1CN2CCC1C[C@@H]2[C@H](NC(=S)N[C@@H](CO)C(C)C)c1ccnc2ccccc12. The molecule has 1 aromatic heterocycles. The molecular formula is C25H34N4OS. The first-order chi connectivity index (χ1) is 15.0. The van der Waals surface area contributed by atoms with Gasteiger partial charge in [0.2, 0.25) is 0 Å². The second-order valence-corrected chi connectivity index (χ2v) is 9.70. The highest BCUT2D eigenvalue weighted by Gasteiger charge is 2.43. The minimum atomic E-state index is -0.0666. The molecule has 4 heterocycles. The van der Waals surface area contributed by atoms with Gasteiger partial charge in [-0.2, -0.15) is 0 Å².